The van der Waals surface area contributed by atoms with Crippen molar-refractivity contribution in [1.82, 2.24) is 9.97 Å². The maximum atomic E-state index is 11.0. The summed E-state index contributed by atoms with van der Waals surface area (Å²) < 4.78 is 0. The zero-order valence-corrected chi connectivity index (χ0v) is 9.55. The highest BCUT2D eigenvalue weighted by Gasteiger charge is 2.09. The first-order valence-electron chi connectivity index (χ1n) is 5.58. The van der Waals surface area contributed by atoms with Gasteiger partial charge >= 0.3 is 0 Å². The lowest BCUT2D eigenvalue weighted by molar-refractivity contribution is 0.0991. The van der Waals surface area contributed by atoms with Crippen LogP contribution in [-0.4, -0.2) is 15.9 Å². The number of fused-ring (bicyclic) bond motifs is 1. The number of H-pyrrole nitrogens is 1. The highest BCUT2D eigenvalue weighted by molar-refractivity contribution is 5.96. The fourth-order valence-electron chi connectivity index (χ4n) is 2.04. The number of aromatic amines is 1. The molecule has 2 aromatic carbocycles. The minimum Gasteiger partial charge on any atom is -0.363 e. The summed E-state index contributed by atoms with van der Waals surface area (Å²) in [6.45, 7) is 0. The topological polar surface area (TPSA) is 71.8 Å². The fourth-order valence-corrected chi connectivity index (χ4v) is 2.04. The molecule has 0 aliphatic carbocycles. The number of benzene rings is 2. The summed E-state index contributed by atoms with van der Waals surface area (Å²) in [6, 6.07) is 14.1. The van der Waals surface area contributed by atoms with E-state index in [1.165, 1.54) is 0 Å². The van der Waals surface area contributed by atoms with Crippen molar-refractivity contribution < 1.29 is 4.79 Å². The lowest BCUT2D eigenvalue weighted by Crippen LogP contribution is -2.12. The van der Waals surface area contributed by atoms with Gasteiger partial charge in [0.25, 0.3) is 5.91 Å². The number of amides is 1. The van der Waals surface area contributed by atoms with Crippen LogP contribution in [0.3, 0.4) is 0 Å². The molecule has 3 aromatic rings. The average Bonchev–Trinajstić information content (AvgIpc) is 2.87. The van der Waals surface area contributed by atoms with E-state index in [-0.39, 0.29) is 5.82 Å². The van der Waals surface area contributed by atoms with Gasteiger partial charge in [-0.05, 0) is 10.8 Å². The zero-order valence-electron chi connectivity index (χ0n) is 9.55. The molecule has 1 heterocycles. The number of rotatable bonds is 2. The van der Waals surface area contributed by atoms with E-state index in [9.17, 15) is 4.79 Å². The van der Waals surface area contributed by atoms with E-state index < -0.39 is 5.91 Å². The zero-order chi connectivity index (χ0) is 12.5. The standard InChI is InChI=1S/C14H11N3O/c15-13(18)14-16-8-12(17-14)11-7-3-5-9-4-1-2-6-10(9)11/h1-8H,(H2,15,18)(H,16,17). The number of aromatic nitrogens is 2. The molecule has 0 bridgehead atoms. The van der Waals surface area contributed by atoms with Crippen molar-refractivity contribution in [3.8, 4) is 11.3 Å². The predicted octanol–water partition coefficient (Wildman–Crippen LogP) is 2.33. The highest BCUT2D eigenvalue weighted by atomic mass is 16.1. The Morgan fingerprint density at radius 3 is 2.67 bits per heavy atom. The first kappa shape index (κ1) is 10.5. The van der Waals surface area contributed by atoms with E-state index in [2.05, 4.69) is 9.97 Å². The van der Waals surface area contributed by atoms with Crippen molar-refractivity contribution in [3.05, 3.63) is 54.5 Å². The Morgan fingerprint density at radius 1 is 1.11 bits per heavy atom. The summed E-state index contributed by atoms with van der Waals surface area (Å²) >= 11 is 0. The molecular weight excluding hydrogens is 226 g/mol. The van der Waals surface area contributed by atoms with Crippen LogP contribution in [-0.2, 0) is 0 Å². The predicted molar refractivity (Wildman–Crippen MR) is 70.0 cm³/mol. The minimum atomic E-state index is -0.554. The minimum absolute atomic E-state index is 0.179. The van der Waals surface area contributed by atoms with Gasteiger partial charge in [-0.1, -0.05) is 42.5 Å². The Balaban J connectivity index is 2.21. The van der Waals surface area contributed by atoms with Gasteiger partial charge in [0.2, 0.25) is 0 Å². The molecule has 3 rings (SSSR count). The second-order valence-electron chi connectivity index (χ2n) is 4.04. The summed E-state index contributed by atoms with van der Waals surface area (Å²) in [6.07, 6.45) is 1.63. The number of nitrogens with zero attached hydrogens (tertiary/aromatic N) is 1. The van der Waals surface area contributed by atoms with Crippen LogP contribution < -0.4 is 5.73 Å². The number of primary amides is 1. The molecule has 18 heavy (non-hydrogen) atoms. The molecule has 0 atom stereocenters. The molecular formula is C14H11N3O. The Hall–Kier alpha value is -2.62. The van der Waals surface area contributed by atoms with Crippen molar-refractivity contribution in [2.75, 3.05) is 0 Å². The third-order valence-electron chi connectivity index (χ3n) is 2.89. The van der Waals surface area contributed by atoms with Crippen LogP contribution in [0.5, 0.6) is 0 Å². The van der Waals surface area contributed by atoms with Crippen molar-refractivity contribution in [2.45, 2.75) is 0 Å². The third kappa shape index (κ3) is 1.64. The van der Waals surface area contributed by atoms with E-state index >= 15 is 0 Å². The van der Waals surface area contributed by atoms with Gasteiger partial charge in [0.15, 0.2) is 5.82 Å². The molecule has 0 aliphatic heterocycles. The Kier molecular flexibility index (Phi) is 2.34. The summed E-state index contributed by atoms with van der Waals surface area (Å²) in [7, 11) is 0. The molecule has 0 spiro atoms. The average molecular weight is 237 g/mol. The maximum Gasteiger partial charge on any atom is 0.284 e. The summed E-state index contributed by atoms with van der Waals surface area (Å²) in [4.78, 5) is 17.9. The SMILES string of the molecule is NC(=O)c1ncc(-c2cccc3ccccc23)[nH]1. The normalized spacial score (nSPS) is 10.7. The quantitative estimate of drug-likeness (QED) is 0.718. The number of nitrogens with two attached hydrogens (primary N) is 1. The summed E-state index contributed by atoms with van der Waals surface area (Å²) in [5, 5.41) is 2.25. The van der Waals surface area contributed by atoms with Crippen LogP contribution in [0, 0.1) is 0 Å². The molecule has 0 unspecified atom stereocenters. The lowest BCUT2D eigenvalue weighted by Gasteiger charge is -2.03. The van der Waals surface area contributed by atoms with Crippen LogP contribution in [0.1, 0.15) is 10.6 Å². The van der Waals surface area contributed by atoms with Gasteiger partial charge in [-0.15, -0.1) is 0 Å². The molecule has 1 aromatic heterocycles. The molecule has 4 heteroatoms. The summed E-state index contributed by atoms with van der Waals surface area (Å²) in [5.41, 5.74) is 6.98. The number of carbonyl (C=O) groups excluding carboxylic acids is 1. The molecule has 0 saturated carbocycles. The lowest BCUT2D eigenvalue weighted by atomic mass is 10.0. The summed E-state index contributed by atoms with van der Waals surface area (Å²) in [5.74, 6) is -0.376. The van der Waals surface area contributed by atoms with E-state index in [1.807, 2.05) is 42.5 Å². The Labute approximate surface area is 103 Å². The number of carbonyl (C=O) groups is 1. The van der Waals surface area contributed by atoms with Crippen LogP contribution in [0.2, 0.25) is 0 Å². The smallest absolute Gasteiger partial charge is 0.284 e. The van der Waals surface area contributed by atoms with Gasteiger partial charge in [0, 0.05) is 5.56 Å². The molecule has 0 aliphatic rings. The molecule has 0 saturated heterocycles. The van der Waals surface area contributed by atoms with Gasteiger partial charge in [-0.2, -0.15) is 0 Å². The molecule has 3 N–H and O–H groups in total. The van der Waals surface area contributed by atoms with Gasteiger partial charge in [-0.25, -0.2) is 4.98 Å². The van der Waals surface area contributed by atoms with E-state index in [1.54, 1.807) is 6.20 Å². The molecule has 4 nitrogen and oxygen atoms in total. The number of nitrogens with one attached hydrogen (secondary N) is 1. The van der Waals surface area contributed by atoms with Crippen molar-refractivity contribution in [2.24, 2.45) is 5.73 Å². The third-order valence-corrected chi connectivity index (χ3v) is 2.89. The second kappa shape index (κ2) is 4.00. The van der Waals surface area contributed by atoms with Crippen molar-refractivity contribution in [1.29, 1.82) is 0 Å². The van der Waals surface area contributed by atoms with Gasteiger partial charge < -0.3 is 10.7 Å². The van der Waals surface area contributed by atoms with Gasteiger partial charge in [0.05, 0.1) is 11.9 Å². The Morgan fingerprint density at radius 2 is 1.89 bits per heavy atom. The highest BCUT2D eigenvalue weighted by Crippen LogP contribution is 2.26. The van der Waals surface area contributed by atoms with E-state index in [0.717, 1.165) is 22.0 Å². The molecule has 88 valence electrons. The van der Waals surface area contributed by atoms with Crippen LogP contribution in [0.25, 0.3) is 22.0 Å². The van der Waals surface area contributed by atoms with Crippen molar-refractivity contribution >= 4 is 16.7 Å². The maximum absolute atomic E-state index is 11.0. The molecule has 0 fully saturated rings. The van der Waals surface area contributed by atoms with Gasteiger partial charge in [0.1, 0.15) is 0 Å². The van der Waals surface area contributed by atoms with E-state index in [0.29, 0.717) is 0 Å². The Bertz CT molecular complexity index is 725. The van der Waals surface area contributed by atoms with Crippen molar-refractivity contribution in [3.63, 3.8) is 0 Å². The van der Waals surface area contributed by atoms with Crippen LogP contribution >= 0.6 is 0 Å². The van der Waals surface area contributed by atoms with Crippen LogP contribution in [0.15, 0.2) is 48.7 Å². The monoisotopic (exact) mass is 237 g/mol. The first-order chi connectivity index (χ1) is 8.75. The van der Waals surface area contributed by atoms with Gasteiger partial charge in [-0.3, -0.25) is 4.79 Å². The largest absolute Gasteiger partial charge is 0.363 e. The second-order valence-corrected chi connectivity index (χ2v) is 4.04. The van der Waals surface area contributed by atoms with Crippen LogP contribution in [0.4, 0.5) is 0 Å². The first-order valence-corrected chi connectivity index (χ1v) is 5.58. The number of hydrogen-bond acceptors (Lipinski definition) is 2. The number of hydrogen-bond donors (Lipinski definition) is 2. The molecule has 1 amide bonds. The molecule has 0 radical (unpaired) electrons. The fraction of sp³-hybridized carbons (Fsp3) is 0. The number of imidazole rings is 1. The van der Waals surface area contributed by atoms with E-state index in [4.69, 9.17) is 5.73 Å².